The Bertz CT molecular complexity index is 401. The van der Waals surface area contributed by atoms with E-state index < -0.39 is 0 Å². The van der Waals surface area contributed by atoms with Gasteiger partial charge in [0.25, 0.3) is 0 Å². The normalized spacial score (nSPS) is 22.8. The molecule has 18 heavy (non-hydrogen) atoms. The Labute approximate surface area is 108 Å². The fourth-order valence-corrected chi connectivity index (χ4v) is 2.73. The average molecular weight is 247 g/mol. The van der Waals surface area contributed by atoms with Gasteiger partial charge in [0, 0.05) is 11.6 Å². The first-order chi connectivity index (χ1) is 8.86. The van der Waals surface area contributed by atoms with E-state index in [-0.39, 0.29) is 0 Å². The standard InChI is InChI=1S/C15H21NO2/c1-17-14-6-3-7-15-13(14)8-12(10-18-15)16-9-11-4-2-5-11/h3,6-7,11-12,16H,2,4-5,8-10H2,1H3. The van der Waals surface area contributed by atoms with Crippen LogP contribution in [0.25, 0.3) is 0 Å². The van der Waals surface area contributed by atoms with Crippen molar-refractivity contribution < 1.29 is 9.47 Å². The molecule has 0 amide bonds. The van der Waals surface area contributed by atoms with E-state index in [2.05, 4.69) is 5.32 Å². The highest BCUT2D eigenvalue weighted by Gasteiger charge is 2.24. The minimum atomic E-state index is 0.425. The largest absolute Gasteiger partial charge is 0.496 e. The SMILES string of the molecule is COc1cccc2c1CC(NCC1CCC1)CO2. The molecule has 2 aliphatic rings. The Morgan fingerprint density at radius 2 is 2.28 bits per heavy atom. The molecule has 0 bridgehead atoms. The molecule has 0 saturated heterocycles. The fourth-order valence-electron chi connectivity index (χ4n) is 2.73. The van der Waals surface area contributed by atoms with Crippen LogP contribution in [0.4, 0.5) is 0 Å². The predicted molar refractivity (Wildman–Crippen MR) is 71.3 cm³/mol. The summed E-state index contributed by atoms with van der Waals surface area (Å²) in [4.78, 5) is 0. The molecule has 3 heteroatoms. The molecule has 3 nitrogen and oxygen atoms in total. The molecule has 1 unspecified atom stereocenters. The first-order valence-corrected chi connectivity index (χ1v) is 6.89. The third kappa shape index (κ3) is 2.32. The molecule has 0 aromatic heterocycles. The van der Waals surface area contributed by atoms with Crippen molar-refractivity contribution in [3.63, 3.8) is 0 Å². The number of hydrogen-bond donors (Lipinski definition) is 1. The van der Waals surface area contributed by atoms with Crippen LogP contribution in [0.3, 0.4) is 0 Å². The Hall–Kier alpha value is -1.22. The van der Waals surface area contributed by atoms with E-state index in [0.717, 1.165) is 37.0 Å². The van der Waals surface area contributed by atoms with E-state index in [4.69, 9.17) is 9.47 Å². The van der Waals surface area contributed by atoms with Crippen LogP contribution in [-0.4, -0.2) is 26.3 Å². The third-order valence-electron chi connectivity index (χ3n) is 4.12. The molecule has 1 aromatic carbocycles. The number of fused-ring (bicyclic) bond motifs is 1. The summed E-state index contributed by atoms with van der Waals surface area (Å²) < 4.78 is 11.2. The second kappa shape index (κ2) is 5.19. The smallest absolute Gasteiger partial charge is 0.126 e. The lowest BCUT2D eigenvalue weighted by Gasteiger charge is -2.31. The molecule has 0 radical (unpaired) electrons. The molecule has 0 spiro atoms. The molecule has 1 fully saturated rings. The van der Waals surface area contributed by atoms with Gasteiger partial charge in [0.15, 0.2) is 0 Å². The summed E-state index contributed by atoms with van der Waals surface area (Å²) in [5.74, 6) is 2.82. The zero-order valence-electron chi connectivity index (χ0n) is 10.9. The van der Waals surface area contributed by atoms with Crippen LogP contribution >= 0.6 is 0 Å². The molecule has 98 valence electrons. The number of ether oxygens (including phenoxy) is 2. The van der Waals surface area contributed by atoms with E-state index in [1.54, 1.807) is 7.11 Å². The van der Waals surface area contributed by atoms with E-state index in [1.807, 2.05) is 18.2 Å². The van der Waals surface area contributed by atoms with Crippen LogP contribution in [-0.2, 0) is 6.42 Å². The van der Waals surface area contributed by atoms with Crippen LogP contribution in [0.2, 0.25) is 0 Å². The number of rotatable bonds is 4. The molecular weight excluding hydrogens is 226 g/mol. The molecular formula is C15H21NO2. The van der Waals surface area contributed by atoms with Gasteiger partial charge >= 0.3 is 0 Å². The first kappa shape index (κ1) is 11.8. The molecule has 1 aliphatic carbocycles. The minimum absolute atomic E-state index is 0.425. The lowest BCUT2D eigenvalue weighted by molar-refractivity contribution is 0.214. The molecule has 1 heterocycles. The van der Waals surface area contributed by atoms with Gasteiger partial charge in [-0.05, 0) is 43.9 Å². The van der Waals surface area contributed by atoms with Crippen molar-refractivity contribution in [3.8, 4) is 11.5 Å². The molecule has 1 aromatic rings. The van der Waals surface area contributed by atoms with Crippen molar-refractivity contribution >= 4 is 0 Å². The Kier molecular flexibility index (Phi) is 3.41. The predicted octanol–water partition coefficient (Wildman–Crippen LogP) is 2.39. The third-order valence-corrected chi connectivity index (χ3v) is 4.12. The summed E-state index contributed by atoms with van der Waals surface area (Å²) in [6.45, 7) is 1.91. The monoisotopic (exact) mass is 247 g/mol. The van der Waals surface area contributed by atoms with E-state index in [0.29, 0.717) is 6.04 Å². The second-order valence-corrected chi connectivity index (χ2v) is 5.35. The van der Waals surface area contributed by atoms with Crippen molar-refractivity contribution in [1.82, 2.24) is 5.32 Å². The van der Waals surface area contributed by atoms with Gasteiger partial charge in [0.1, 0.15) is 18.1 Å². The van der Waals surface area contributed by atoms with Crippen LogP contribution in [0.1, 0.15) is 24.8 Å². The van der Waals surface area contributed by atoms with Gasteiger partial charge in [-0.1, -0.05) is 12.5 Å². The quantitative estimate of drug-likeness (QED) is 0.886. The van der Waals surface area contributed by atoms with Gasteiger partial charge < -0.3 is 14.8 Å². The van der Waals surface area contributed by atoms with Crippen molar-refractivity contribution in [1.29, 1.82) is 0 Å². The maximum atomic E-state index is 5.82. The number of benzene rings is 1. The van der Waals surface area contributed by atoms with Crippen molar-refractivity contribution in [2.45, 2.75) is 31.7 Å². The van der Waals surface area contributed by atoms with Gasteiger partial charge in [-0.25, -0.2) is 0 Å². The summed E-state index contributed by atoms with van der Waals surface area (Å²) in [6.07, 6.45) is 5.19. The maximum absolute atomic E-state index is 5.82. The Morgan fingerprint density at radius 1 is 1.39 bits per heavy atom. The summed E-state index contributed by atoms with van der Waals surface area (Å²) in [6, 6.07) is 6.45. The highest BCUT2D eigenvalue weighted by atomic mass is 16.5. The first-order valence-electron chi connectivity index (χ1n) is 6.89. The van der Waals surface area contributed by atoms with E-state index in [1.165, 1.54) is 24.8 Å². The molecule has 1 saturated carbocycles. The molecule has 1 aliphatic heterocycles. The topological polar surface area (TPSA) is 30.5 Å². The Balaban J connectivity index is 1.63. The zero-order chi connectivity index (χ0) is 12.4. The molecule has 1 N–H and O–H groups in total. The lowest BCUT2D eigenvalue weighted by Crippen LogP contribution is -2.42. The van der Waals surface area contributed by atoms with Crippen LogP contribution in [0.5, 0.6) is 11.5 Å². The Morgan fingerprint density at radius 3 is 3.00 bits per heavy atom. The maximum Gasteiger partial charge on any atom is 0.126 e. The number of hydrogen-bond acceptors (Lipinski definition) is 3. The van der Waals surface area contributed by atoms with E-state index >= 15 is 0 Å². The lowest BCUT2D eigenvalue weighted by atomic mass is 9.85. The van der Waals surface area contributed by atoms with Crippen LogP contribution < -0.4 is 14.8 Å². The summed E-state index contributed by atoms with van der Waals surface area (Å²) in [7, 11) is 1.72. The highest BCUT2D eigenvalue weighted by molar-refractivity contribution is 5.46. The summed E-state index contributed by atoms with van der Waals surface area (Å²) >= 11 is 0. The molecule has 3 rings (SSSR count). The van der Waals surface area contributed by atoms with Crippen molar-refractivity contribution in [2.24, 2.45) is 5.92 Å². The second-order valence-electron chi connectivity index (χ2n) is 5.35. The minimum Gasteiger partial charge on any atom is -0.496 e. The molecule has 1 atom stereocenters. The summed E-state index contributed by atoms with van der Waals surface area (Å²) in [5.41, 5.74) is 1.21. The van der Waals surface area contributed by atoms with Gasteiger partial charge in [-0.15, -0.1) is 0 Å². The van der Waals surface area contributed by atoms with Crippen molar-refractivity contribution in [2.75, 3.05) is 20.3 Å². The van der Waals surface area contributed by atoms with Gasteiger partial charge in [0.2, 0.25) is 0 Å². The van der Waals surface area contributed by atoms with Gasteiger partial charge in [-0.2, -0.15) is 0 Å². The van der Waals surface area contributed by atoms with Crippen LogP contribution in [0, 0.1) is 5.92 Å². The van der Waals surface area contributed by atoms with Crippen molar-refractivity contribution in [3.05, 3.63) is 23.8 Å². The highest BCUT2D eigenvalue weighted by Crippen LogP contribution is 2.33. The number of methoxy groups -OCH3 is 1. The average Bonchev–Trinajstić information content (AvgIpc) is 2.36. The zero-order valence-corrected chi connectivity index (χ0v) is 10.9. The summed E-state index contributed by atoms with van der Waals surface area (Å²) in [5, 5.41) is 3.64. The van der Waals surface area contributed by atoms with Gasteiger partial charge in [-0.3, -0.25) is 0 Å². The van der Waals surface area contributed by atoms with Gasteiger partial charge in [0.05, 0.1) is 7.11 Å². The fraction of sp³-hybridized carbons (Fsp3) is 0.600. The van der Waals surface area contributed by atoms with Crippen LogP contribution in [0.15, 0.2) is 18.2 Å². The number of nitrogens with one attached hydrogen (secondary N) is 1. The van der Waals surface area contributed by atoms with E-state index in [9.17, 15) is 0 Å².